The van der Waals surface area contributed by atoms with E-state index in [0.29, 0.717) is 16.5 Å². The molecular formula is C17H13IN2O4. The fourth-order valence-electron chi connectivity index (χ4n) is 2.60. The van der Waals surface area contributed by atoms with E-state index in [0.717, 1.165) is 8.14 Å². The van der Waals surface area contributed by atoms with Gasteiger partial charge in [0.25, 0.3) is 5.56 Å². The lowest BCUT2D eigenvalue weighted by molar-refractivity contribution is 0.0697. The second-order valence-corrected chi connectivity index (χ2v) is 6.64. The number of carboxylic acids is 1. The van der Waals surface area contributed by atoms with Crippen LogP contribution in [0.4, 0.5) is 0 Å². The van der Waals surface area contributed by atoms with Gasteiger partial charge in [0.2, 0.25) is 0 Å². The molecule has 0 saturated carbocycles. The van der Waals surface area contributed by atoms with Crippen molar-refractivity contribution in [2.45, 2.75) is 13.0 Å². The maximum atomic E-state index is 12.7. The van der Waals surface area contributed by atoms with Crippen molar-refractivity contribution < 1.29 is 9.90 Å². The highest BCUT2D eigenvalue weighted by Crippen LogP contribution is 2.17. The molecule has 24 heavy (non-hydrogen) atoms. The molecule has 0 aliphatic carbocycles. The highest BCUT2D eigenvalue weighted by molar-refractivity contribution is 14.1. The number of benzene rings is 2. The zero-order chi connectivity index (χ0) is 17.4. The molecule has 0 aliphatic heterocycles. The molecule has 1 heterocycles. The Balaban J connectivity index is 2.16. The molecule has 2 aromatic carbocycles. The first-order valence-corrected chi connectivity index (χ1v) is 8.23. The molecule has 3 rings (SSSR count). The van der Waals surface area contributed by atoms with Crippen LogP contribution in [-0.4, -0.2) is 20.6 Å². The Morgan fingerprint density at radius 2 is 1.83 bits per heavy atom. The number of H-pyrrole nitrogens is 1. The number of carbonyl (C=O) groups is 1. The van der Waals surface area contributed by atoms with Gasteiger partial charge in [-0.15, -0.1) is 0 Å². The number of aromatic amines is 1. The maximum absolute atomic E-state index is 12.7. The van der Waals surface area contributed by atoms with Crippen LogP contribution < -0.4 is 11.2 Å². The second-order valence-electron chi connectivity index (χ2n) is 5.40. The molecule has 122 valence electrons. The van der Waals surface area contributed by atoms with E-state index in [1.54, 1.807) is 31.2 Å². The van der Waals surface area contributed by atoms with Crippen LogP contribution in [0.15, 0.2) is 52.1 Å². The van der Waals surface area contributed by atoms with Crippen molar-refractivity contribution in [3.8, 4) is 0 Å². The van der Waals surface area contributed by atoms with E-state index in [2.05, 4.69) is 27.6 Å². The van der Waals surface area contributed by atoms with Crippen molar-refractivity contribution in [2.75, 3.05) is 0 Å². The first-order chi connectivity index (χ1) is 11.4. The first-order valence-electron chi connectivity index (χ1n) is 7.16. The van der Waals surface area contributed by atoms with Gasteiger partial charge < -0.3 is 10.1 Å². The van der Waals surface area contributed by atoms with E-state index in [4.69, 9.17) is 5.11 Å². The topological polar surface area (TPSA) is 92.2 Å². The summed E-state index contributed by atoms with van der Waals surface area (Å²) in [6.45, 7) is 1.73. The van der Waals surface area contributed by atoms with E-state index in [9.17, 15) is 14.4 Å². The van der Waals surface area contributed by atoms with Crippen LogP contribution >= 0.6 is 22.6 Å². The second kappa shape index (κ2) is 6.23. The molecule has 1 aromatic heterocycles. The summed E-state index contributed by atoms with van der Waals surface area (Å²) in [5.74, 6) is -1.02. The van der Waals surface area contributed by atoms with Crippen LogP contribution in [0.2, 0.25) is 0 Å². The van der Waals surface area contributed by atoms with Gasteiger partial charge in [-0.3, -0.25) is 9.36 Å². The van der Waals surface area contributed by atoms with Crippen LogP contribution in [0.5, 0.6) is 0 Å². The van der Waals surface area contributed by atoms with Gasteiger partial charge in [-0.2, -0.15) is 0 Å². The molecule has 2 N–H and O–H groups in total. The van der Waals surface area contributed by atoms with Crippen LogP contribution in [0.1, 0.15) is 28.9 Å². The van der Waals surface area contributed by atoms with E-state index in [1.807, 2.05) is 6.07 Å². The Kier molecular flexibility index (Phi) is 4.27. The molecule has 0 bridgehead atoms. The summed E-state index contributed by atoms with van der Waals surface area (Å²) in [6, 6.07) is 10.9. The summed E-state index contributed by atoms with van der Waals surface area (Å²) in [6.07, 6.45) is 0. The third-order valence-electron chi connectivity index (χ3n) is 3.92. The minimum absolute atomic E-state index is 0.153. The summed E-state index contributed by atoms with van der Waals surface area (Å²) >= 11 is 2.11. The van der Waals surface area contributed by atoms with Crippen molar-refractivity contribution in [1.29, 1.82) is 0 Å². The molecule has 1 unspecified atom stereocenters. The molecule has 0 radical (unpaired) electrons. The number of carboxylic acid groups (broad SMARTS) is 1. The van der Waals surface area contributed by atoms with E-state index in [-0.39, 0.29) is 11.1 Å². The van der Waals surface area contributed by atoms with E-state index < -0.39 is 17.7 Å². The Bertz CT molecular complexity index is 1050. The summed E-state index contributed by atoms with van der Waals surface area (Å²) in [4.78, 5) is 38.7. The zero-order valence-electron chi connectivity index (χ0n) is 12.6. The number of nitrogens with one attached hydrogen (secondary N) is 1. The lowest BCUT2D eigenvalue weighted by Crippen LogP contribution is -2.37. The molecule has 0 amide bonds. The predicted octanol–water partition coefficient (Wildman–Crippen LogP) is 2.60. The molecule has 6 nitrogen and oxygen atoms in total. The first kappa shape index (κ1) is 16.4. The molecule has 0 spiro atoms. The van der Waals surface area contributed by atoms with Gasteiger partial charge in [-0.05, 0) is 65.4 Å². The van der Waals surface area contributed by atoms with Gasteiger partial charge in [-0.25, -0.2) is 9.59 Å². The lowest BCUT2D eigenvalue weighted by Gasteiger charge is -2.15. The minimum atomic E-state index is -1.02. The third-order valence-corrected chi connectivity index (χ3v) is 4.59. The largest absolute Gasteiger partial charge is 0.478 e. The Hall–Kier alpha value is -2.42. The number of nitrogens with zero attached hydrogens (tertiary/aromatic N) is 1. The smallest absolute Gasteiger partial charge is 0.335 e. The Morgan fingerprint density at radius 3 is 2.46 bits per heavy atom. The van der Waals surface area contributed by atoms with Crippen LogP contribution in [-0.2, 0) is 0 Å². The Morgan fingerprint density at radius 1 is 1.17 bits per heavy atom. The number of aromatic carboxylic acids is 1. The summed E-state index contributed by atoms with van der Waals surface area (Å²) in [5, 5.41) is 9.39. The number of hydrogen-bond donors (Lipinski definition) is 2. The monoisotopic (exact) mass is 436 g/mol. The average molecular weight is 436 g/mol. The number of aromatic nitrogens is 2. The normalized spacial score (nSPS) is 12.2. The number of halogens is 1. The molecular weight excluding hydrogens is 423 g/mol. The fraction of sp³-hybridized carbons (Fsp3) is 0.118. The van der Waals surface area contributed by atoms with Crippen molar-refractivity contribution in [3.05, 3.63) is 78.0 Å². The number of fused-ring (bicyclic) bond motifs is 1. The number of hydrogen-bond acceptors (Lipinski definition) is 3. The Labute approximate surface area is 149 Å². The third kappa shape index (κ3) is 2.86. The number of rotatable bonds is 3. The van der Waals surface area contributed by atoms with Gasteiger partial charge >= 0.3 is 11.7 Å². The predicted molar refractivity (Wildman–Crippen MR) is 98.8 cm³/mol. The molecule has 3 aromatic rings. The van der Waals surface area contributed by atoms with E-state index in [1.165, 1.54) is 12.1 Å². The van der Waals surface area contributed by atoms with Crippen molar-refractivity contribution in [1.82, 2.24) is 9.55 Å². The van der Waals surface area contributed by atoms with Gasteiger partial charge in [0, 0.05) is 3.57 Å². The zero-order valence-corrected chi connectivity index (χ0v) is 14.8. The van der Waals surface area contributed by atoms with Crippen molar-refractivity contribution >= 4 is 39.5 Å². The van der Waals surface area contributed by atoms with Crippen LogP contribution in [0, 0.1) is 3.57 Å². The molecule has 0 aliphatic rings. The fourth-order valence-corrected chi connectivity index (χ4v) is 3.10. The minimum Gasteiger partial charge on any atom is -0.478 e. The molecule has 0 fully saturated rings. The summed E-state index contributed by atoms with van der Waals surface area (Å²) in [5.41, 5.74) is 0.457. The molecule has 1 atom stereocenters. The highest BCUT2D eigenvalue weighted by atomic mass is 127. The van der Waals surface area contributed by atoms with Gasteiger partial charge in [0.1, 0.15) is 0 Å². The average Bonchev–Trinajstić information content (AvgIpc) is 2.55. The van der Waals surface area contributed by atoms with Crippen LogP contribution in [0.25, 0.3) is 10.9 Å². The highest BCUT2D eigenvalue weighted by Gasteiger charge is 2.16. The lowest BCUT2D eigenvalue weighted by atomic mass is 10.1. The van der Waals surface area contributed by atoms with Crippen molar-refractivity contribution in [3.63, 3.8) is 0 Å². The SMILES string of the molecule is CC(c1ccc(C(=O)O)cc1)n1c(=O)[nH]c2ccc(I)cc2c1=O. The van der Waals surface area contributed by atoms with Gasteiger partial charge in [-0.1, -0.05) is 12.1 Å². The standard InChI is InChI=1S/C17H13IN2O4/c1-9(10-2-4-11(5-3-10)16(22)23)20-15(21)13-8-12(18)6-7-14(13)19-17(20)24/h2-9H,1H3,(H,19,24)(H,22,23). The van der Waals surface area contributed by atoms with Gasteiger partial charge in [0.05, 0.1) is 22.5 Å². The van der Waals surface area contributed by atoms with E-state index >= 15 is 0 Å². The molecule has 0 saturated heterocycles. The quantitative estimate of drug-likeness (QED) is 0.618. The summed E-state index contributed by atoms with van der Waals surface area (Å²) in [7, 11) is 0. The van der Waals surface area contributed by atoms with Crippen molar-refractivity contribution in [2.24, 2.45) is 0 Å². The van der Waals surface area contributed by atoms with Gasteiger partial charge in [0.15, 0.2) is 0 Å². The van der Waals surface area contributed by atoms with Crippen LogP contribution in [0.3, 0.4) is 0 Å². The maximum Gasteiger partial charge on any atom is 0.335 e. The summed E-state index contributed by atoms with van der Waals surface area (Å²) < 4.78 is 2.04. The molecule has 7 heteroatoms.